The Morgan fingerprint density at radius 3 is 2.41 bits per heavy atom. The molecule has 1 amide bonds. The first kappa shape index (κ1) is 20.2. The van der Waals surface area contributed by atoms with Gasteiger partial charge in [-0.1, -0.05) is 12.1 Å². The smallest absolute Gasteiger partial charge is 0.257 e. The van der Waals surface area contributed by atoms with Crippen molar-refractivity contribution in [2.24, 2.45) is 0 Å². The average molecular weight is 390 g/mol. The summed E-state index contributed by atoms with van der Waals surface area (Å²) in [5.41, 5.74) is 3.94. The normalized spacial score (nSPS) is 10.3. The molecule has 0 saturated heterocycles. The number of carbonyl (C=O) groups is 1. The molecule has 0 radical (unpaired) electrons. The minimum absolute atomic E-state index is 0.248. The van der Waals surface area contributed by atoms with E-state index in [0.29, 0.717) is 17.0 Å². The molecule has 3 rings (SSSR count). The number of aromatic nitrogens is 1. The van der Waals surface area contributed by atoms with Crippen molar-refractivity contribution in [2.45, 2.75) is 13.8 Å². The third-order valence-corrected chi connectivity index (χ3v) is 4.64. The van der Waals surface area contributed by atoms with Crippen LogP contribution in [0.2, 0.25) is 0 Å². The quantitative estimate of drug-likeness (QED) is 0.571. The molecule has 0 aliphatic heterocycles. The Morgan fingerprint density at radius 1 is 1.00 bits per heavy atom. The topological polar surface area (TPSA) is 66.5 Å². The number of benzene rings is 2. The lowest BCUT2D eigenvalue weighted by molar-refractivity contribution is 0.102. The van der Waals surface area contributed by atoms with Crippen molar-refractivity contribution in [1.29, 1.82) is 0 Å². The number of ether oxygens (including phenoxy) is 1. The van der Waals surface area contributed by atoms with Gasteiger partial charge in [-0.15, -0.1) is 0 Å². The zero-order valence-corrected chi connectivity index (χ0v) is 17.0. The summed E-state index contributed by atoms with van der Waals surface area (Å²) in [7, 11) is 1.57. The monoisotopic (exact) mass is 390 g/mol. The van der Waals surface area contributed by atoms with E-state index in [1.54, 1.807) is 37.7 Å². The second-order valence-electron chi connectivity index (χ2n) is 6.46. The number of anilines is 4. The van der Waals surface area contributed by atoms with Crippen molar-refractivity contribution in [3.05, 3.63) is 72.6 Å². The number of para-hydroxylation sites is 2. The van der Waals surface area contributed by atoms with Crippen LogP contribution in [0.3, 0.4) is 0 Å². The van der Waals surface area contributed by atoms with Gasteiger partial charge in [-0.05, 0) is 56.3 Å². The zero-order chi connectivity index (χ0) is 20.6. The van der Waals surface area contributed by atoms with Crippen LogP contribution in [0, 0.1) is 0 Å². The number of hydrogen-bond donors (Lipinski definition) is 2. The lowest BCUT2D eigenvalue weighted by atomic mass is 10.2. The third kappa shape index (κ3) is 5.04. The zero-order valence-electron chi connectivity index (χ0n) is 17.0. The molecule has 0 unspecified atom stereocenters. The Hall–Kier alpha value is -3.54. The molecule has 0 saturated carbocycles. The predicted molar refractivity (Wildman–Crippen MR) is 118 cm³/mol. The van der Waals surface area contributed by atoms with E-state index in [1.807, 2.05) is 24.3 Å². The van der Waals surface area contributed by atoms with Gasteiger partial charge in [0.15, 0.2) is 0 Å². The fourth-order valence-corrected chi connectivity index (χ4v) is 3.09. The Labute approximate surface area is 171 Å². The molecule has 0 aliphatic carbocycles. The van der Waals surface area contributed by atoms with Gasteiger partial charge in [0.1, 0.15) is 5.75 Å². The number of carbonyl (C=O) groups excluding carboxylic acids is 1. The standard InChI is InChI=1S/C23H26N4O2/c1-4-27(5-2)20-12-10-18(11-13-20)25-19-14-17(15-24-16-19)23(28)26-21-8-6-7-9-22(21)29-3/h6-16,25H,4-5H2,1-3H3,(H,26,28). The van der Waals surface area contributed by atoms with E-state index in [2.05, 4.69) is 46.5 Å². The maximum Gasteiger partial charge on any atom is 0.257 e. The van der Waals surface area contributed by atoms with Crippen molar-refractivity contribution in [3.8, 4) is 5.75 Å². The molecule has 0 atom stereocenters. The Balaban J connectivity index is 1.71. The molecule has 6 heteroatoms. The molecule has 0 bridgehead atoms. The van der Waals surface area contributed by atoms with E-state index < -0.39 is 0 Å². The molecule has 0 fully saturated rings. The SMILES string of the molecule is CCN(CC)c1ccc(Nc2cncc(C(=O)Nc3ccccc3OC)c2)cc1. The number of methoxy groups -OCH3 is 1. The summed E-state index contributed by atoms with van der Waals surface area (Å²) in [5.74, 6) is 0.360. The van der Waals surface area contributed by atoms with Crippen LogP contribution in [0.15, 0.2) is 67.0 Å². The van der Waals surface area contributed by atoms with Gasteiger partial charge in [0.2, 0.25) is 0 Å². The maximum atomic E-state index is 12.6. The highest BCUT2D eigenvalue weighted by molar-refractivity contribution is 6.05. The fourth-order valence-electron chi connectivity index (χ4n) is 3.09. The van der Waals surface area contributed by atoms with Gasteiger partial charge in [-0.25, -0.2) is 0 Å². The first-order valence-electron chi connectivity index (χ1n) is 9.66. The van der Waals surface area contributed by atoms with E-state index in [1.165, 1.54) is 5.69 Å². The molecule has 1 heterocycles. The Kier molecular flexibility index (Phi) is 6.68. The first-order chi connectivity index (χ1) is 14.1. The van der Waals surface area contributed by atoms with Crippen molar-refractivity contribution in [2.75, 3.05) is 35.7 Å². The predicted octanol–water partition coefficient (Wildman–Crippen LogP) is 4.93. The summed E-state index contributed by atoms with van der Waals surface area (Å²) in [4.78, 5) is 19.1. The Bertz CT molecular complexity index is 953. The van der Waals surface area contributed by atoms with E-state index >= 15 is 0 Å². The maximum absolute atomic E-state index is 12.6. The number of hydrogen-bond acceptors (Lipinski definition) is 5. The molecule has 6 nitrogen and oxygen atoms in total. The molecule has 2 aromatic carbocycles. The van der Waals surface area contributed by atoms with Gasteiger partial charge in [0, 0.05) is 30.7 Å². The Morgan fingerprint density at radius 2 is 1.72 bits per heavy atom. The van der Waals surface area contributed by atoms with Crippen LogP contribution in [0.4, 0.5) is 22.7 Å². The van der Waals surface area contributed by atoms with Crippen LogP contribution >= 0.6 is 0 Å². The highest BCUT2D eigenvalue weighted by Gasteiger charge is 2.11. The van der Waals surface area contributed by atoms with E-state index in [0.717, 1.165) is 24.5 Å². The third-order valence-electron chi connectivity index (χ3n) is 4.64. The van der Waals surface area contributed by atoms with Crippen molar-refractivity contribution in [1.82, 2.24) is 4.98 Å². The average Bonchev–Trinajstić information content (AvgIpc) is 2.76. The molecular formula is C23H26N4O2. The molecule has 0 aliphatic rings. The molecule has 29 heavy (non-hydrogen) atoms. The highest BCUT2D eigenvalue weighted by atomic mass is 16.5. The van der Waals surface area contributed by atoms with E-state index in [9.17, 15) is 4.79 Å². The second-order valence-corrected chi connectivity index (χ2v) is 6.46. The van der Waals surface area contributed by atoms with Crippen molar-refractivity contribution >= 4 is 28.7 Å². The van der Waals surface area contributed by atoms with Crippen LogP contribution in [0.5, 0.6) is 5.75 Å². The van der Waals surface area contributed by atoms with Crippen molar-refractivity contribution < 1.29 is 9.53 Å². The highest BCUT2D eigenvalue weighted by Crippen LogP contribution is 2.25. The number of nitrogens with one attached hydrogen (secondary N) is 2. The van der Waals surface area contributed by atoms with E-state index in [4.69, 9.17) is 4.74 Å². The van der Waals surface area contributed by atoms with Crippen molar-refractivity contribution in [3.63, 3.8) is 0 Å². The molecule has 3 aromatic rings. The summed E-state index contributed by atoms with van der Waals surface area (Å²) >= 11 is 0. The number of nitrogens with zero attached hydrogens (tertiary/aromatic N) is 2. The number of amides is 1. The first-order valence-corrected chi connectivity index (χ1v) is 9.66. The fraction of sp³-hybridized carbons (Fsp3) is 0.217. The molecule has 2 N–H and O–H groups in total. The molecular weight excluding hydrogens is 364 g/mol. The second kappa shape index (κ2) is 9.59. The van der Waals surface area contributed by atoms with Gasteiger partial charge in [0.25, 0.3) is 5.91 Å². The molecule has 0 spiro atoms. The minimum Gasteiger partial charge on any atom is -0.495 e. The summed E-state index contributed by atoms with van der Waals surface area (Å²) in [5, 5.41) is 6.17. The lowest BCUT2D eigenvalue weighted by Crippen LogP contribution is -2.21. The van der Waals surface area contributed by atoms with Crippen LogP contribution in [-0.2, 0) is 0 Å². The molecule has 150 valence electrons. The summed E-state index contributed by atoms with van der Waals surface area (Å²) < 4.78 is 5.28. The van der Waals surface area contributed by atoms with Crippen LogP contribution in [0.1, 0.15) is 24.2 Å². The van der Waals surface area contributed by atoms with Crippen LogP contribution < -0.4 is 20.3 Å². The number of pyridine rings is 1. The minimum atomic E-state index is -0.248. The largest absolute Gasteiger partial charge is 0.495 e. The van der Waals surface area contributed by atoms with E-state index in [-0.39, 0.29) is 5.91 Å². The summed E-state index contributed by atoms with van der Waals surface area (Å²) in [6.07, 6.45) is 3.23. The lowest BCUT2D eigenvalue weighted by Gasteiger charge is -2.21. The van der Waals surface area contributed by atoms with Gasteiger partial charge < -0.3 is 20.3 Å². The van der Waals surface area contributed by atoms with Gasteiger partial charge >= 0.3 is 0 Å². The van der Waals surface area contributed by atoms with Gasteiger partial charge in [-0.3, -0.25) is 9.78 Å². The molecule has 1 aromatic heterocycles. The number of rotatable bonds is 8. The summed E-state index contributed by atoms with van der Waals surface area (Å²) in [6.45, 7) is 6.22. The van der Waals surface area contributed by atoms with Crippen LogP contribution in [-0.4, -0.2) is 31.1 Å². The van der Waals surface area contributed by atoms with Gasteiger partial charge in [-0.2, -0.15) is 0 Å². The van der Waals surface area contributed by atoms with Crippen LogP contribution in [0.25, 0.3) is 0 Å². The summed E-state index contributed by atoms with van der Waals surface area (Å²) in [6, 6.07) is 17.3. The van der Waals surface area contributed by atoms with Gasteiger partial charge in [0.05, 0.1) is 30.2 Å².